The van der Waals surface area contributed by atoms with Crippen molar-refractivity contribution in [3.8, 4) is 11.1 Å². The molecule has 0 aliphatic carbocycles. The molecule has 0 radical (unpaired) electrons. The Balaban J connectivity index is 2.37. The quantitative estimate of drug-likeness (QED) is 0.349. The third kappa shape index (κ3) is 3.15. The highest BCUT2D eigenvalue weighted by molar-refractivity contribution is 9.10. The van der Waals surface area contributed by atoms with Crippen molar-refractivity contribution in [1.29, 1.82) is 0 Å². The minimum atomic E-state index is -0.585. The first-order valence-electron chi connectivity index (χ1n) is 7.90. The molecule has 0 amide bonds. The molecule has 0 saturated carbocycles. The average Bonchev–Trinajstić information content (AvgIpc) is 2.94. The number of halogens is 2. The molecule has 0 N–H and O–H groups in total. The van der Waals surface area contributed by atoms with Crippen molar-refractivity contribution in [2.24, 2.45) is 5.41 Å². The van der Waals surface area contributed by atoms with Crippen LogP contribution in [0.15, 0.2) is 47.1 Å². The Kier molecular flexibility index (Phi) is 4.67. The second-order valence-electron chi connectivity index (χ2n) is 7.02. The van der Waals surface area contributed by atoms with Crippen molar-refractivity contribution in [3.63, 3.8) is 0 Å². The minimum absolute atomic E-state index is 0.0560. The molecule has 1 heterocycles. The van der Waals surface area contributed by atoms with Gasteiger partial charge >= 0.3 is 0 Å². The zero-order valence-electron chi connectivity index (χ0n) is 14.4. The Morgan fingerprint density at radius 2 is 1.88 bits per heavy atom. The van der Waals surface area contributed by atoms with Crippen LogP contribution in [0.1, 0.15) is 25.6 Å². The van der Waals surface area contributed by atoms with Crippen LogP contribution in [0.5, 0.6) is 0 Å². The molecule has 134 valence electrons. The zero-order chi connectivity index (χ0) is 19.2. The largest absolute Gasteiger partial charge is 0.286 e. The summed E-state index contributed by atoms with van der Waals surface area (Å²) in [6.07, 6.45) is 1.70. The molecule has 0 unspecified atom stereocenters. The lowest BCUT2D eigenvalue weighted by Crippen LogP contribution is -2.25. The fourth-order valence-electron chi connectivity index (χ4n) is 2.81. The van der Waals surface area contributed by atoms with E-state index in [9.17, 15) is 14.9 Å². The van der Waals surface area contributed by atoms with Crippen LogP contribution in [0.2, 0.25) is 5.02 Å². The first kappa shape index (κ1) is 18.6. The van der Waals surface area contributed by atoms with Crippen molar-refractivity contribution < 1.29 is 9.72 Å². The molecule has 0 atom stereocenters. The van der Waals surface area contributed by atoms with Gasteiger partial charge in [-0.2, -0.15) is 0 Å². The molecule has 7 heteroatoms. The zero-order valence-corrected chi connectivity index (χ0v) is 16.8. The van der Waals surface area contributed by atoms with Gasteiger partial charge in [-0.3, -0.25) is 19.5 Å². The van der Waals surface area contributed by atoms with E-state index in [1.165, 1.54) is 18.2 Å². The van der Waals surface area contributed by atoms with Gasteiger partial charge in [-0.15, -0.1) is 0 Å². The highest BCUT2D eigenvalue weighted by Crippen LogP contribution is 2.40. The van der Waals surface area contributed by atoms with E-state index < -0.39 is 10.3 Å². The smallest absolute Gasteiger partial charge is 0.270 e. The molecular formula is C19H16BrClN2O3. The van der Waals surface area contributed by atoms with Crippen LogP contribution >= 0.6 is 27.5 Å². The standard InChI is InChI=1S/C19H16BrClN2O3/c1-19(2,3)18(24)22-10-13(17-14(20)5-4-6-16(17)22)12-9-11(23(25)26)7-8-15(12)21/h4-10H,1-3H3. The summed E-state index contributed by atoms with van der Waals surface area (Å²) in [7, 11) is 0. The summed E-state index contributed by atoms with van der Waals surface area (Å²) in [5.41, 5.74) is 1.26. The molecular weight excluding hydrogens is 420 g/mol. The number of non-ortho nitro benzene ring substituents is 1. The fraction of sp³-hybridized carbons (Fsp3) is 0.211. The molecule has 0 fully saturated rings. The molecule has 3 aromatic rings. The van der Waals surface area contributed by atoms with Crippen LogP contribution < -0.4 is 0 Å². The van der Waals surface area contributed by atoms with E-state index in [-0.39, 0.29) is 11.6 Å². The highest BCUT2D eigenvalue weighted by atomic mass is 79.9. The van der Waals surface area contributed by atoms with Gasteiger partial charge in [0.1, 0.15) is 0 Å². The second-order valence-corrected chi connectivity index (χ2v) is 8.28. The molecule has 5 nitrogen and oxygen atoms in total. The maximum atomic E-state index is 12.9. The molecule has 3 rings (SSSR count). The Labute approximate surface area is 163 Å². The summed E-state index contributed by atoms with van der Waals surface area (Å²) in [6, 6.07) is 9.85. The Morgan fingerprint density at radius 1 is 1.19 bits per heavy atom. The number of hydrogen-bond acceptors (Lipinski definition) is 3. The van der Waals surface area contributed by atoms with Crippen molar-refractivity contribution in [2.75, 3.05) is 0 Å². The van der Waals surface area contributed by atoms with Crippen LogP contribution in [0.25, 0.3) is 22.0 Å². The number of benzene rings is 2. The van der Waals surface area contributed by atoms with Crippen molar-refractivity contribution in [2.45, 2.75) is 20.8 Å². The van der Waals surface area contributed by atoms with E-state index in [0.29, 0.717) is 16.1 Å². The maximum absolute atomic E-state index is 12.9. The lowest BCUT2D eigenvalue weighted by Gasteiger charge is -2.17. The van der Waals surface area contributed by atoms with Crippen LogP contribution in [0.4, 0.5) is 5.69 Å². The normalized spacial score (nSPS) is 11.7. The summed E-state index contributed by atoms with van der Waals surface area (Å²) in [5, 5.41) is 12.3. The summed E-state index contributed by atoms with van der Waals surface area (Å²) in [5.74, 6) is -0.0756. The van der Waals surface area contributed by atoms with Gasteiger partial charge in [0, 0.05) is 49.8 Å². The first-order chi connectivity index (χ1) is 12.1. The van der Waals surface area contributed by atoms with E-state index in [4.69, 9.17) is 11.6 Å². The van der Waals surface area contributed by atoms with Gasteiger partial charge in [0.05, 0.1) is 10.4 Å². The number of nitro groups is 1. The second kappa shape index (κ2) is 6.52. The molecule has 0 aliphatic rings. The van der Waals surface area contributed by atoms with Crippen LogP contribution in [-0.2, 0) is 0 Å². The molecule has 2 aromatic carbocycles. The number of rotatable bonds is 2. The fourth-order valence-corrected chi connectivity index (χ4v) is 3.60. The Morgan fingerprint density at radius 3 is 2.50 bits per heavy atom. The van der Waals surface area contributed by atoms with Gasteiger partial charge in [0.25, 0.3) is 5.69 Å². The van der Waals surface area contributed by atoms with E-state index >= 15 is 0 Å². The number of carbonyl (C=O) groups is 1. The van der Waals surface area contributed by atoms with Crippen molar-refractivity contribution in [1.82, 2.24) is 4.57 Å². The Hall–Kier alpha value is -2.18. The van der Waals surface area contributed by atoms with Crippen LogP contribution in [-0.4, -0.2) is 15.4 Å². The van der Waals surface area contributed by atoms with Gasteiger partial charge in [-0.05, 0) is 18.2 Å². The van der Waals surface area contributed by atoms with Gasteiger partial charge in [0.2, 0.25) is 5.91 Å². The average molecular weight is 436 g/mol. The summed E-state index contributed by atoms with van der Waals surface area (Å²) in [4.78, 5) is 23.6. The van der Waals surface area contributed by atoms with E-state index in [0.717, 1.165) is 15.4 Å². The van der Waals surface area contributed by atoms with E-state index in [1.54, 1.807) is 10.8 Å². The monoisotopic (exact) mass is 434 g/mol. The van der Waals surface area contributed by atoms with E-state index in [2.05, 4.69) is 15.9 Å². The SMILES string of the molecule is CC(C)(C)C(=O)n1cc(-c2cc([N+](=O)[O-])ccc2Cl)c2c(Br)cccc21. The predicted octanol–water partition coefficient (Wildman–Crippen LogP) is 6.32. The number of carbonyl (C=O) groups excluding carboxylic acids is 1. The topological polar surface area (TPSA) is 65.1 Å². The molecule has 0 aliphatic heterocycles. The first-order valence-corrected chi connectivity index (χ1v) is 9.07. The number of aromatic nitrogens is 1. The third-order valence-electron chi connectivity index (χ3n) is 4.09. The van der Waals surface area contributed by atoms with E-state index in [1.807, 2.05) is 39.0 Å². The van der Waals surface area contributed by atoms with Crippen LogP contribution in [0, 0.1) is 15.5 Å². The molecule has 1 aromatic heterocycles. The highest BCUT2D eigenvalue weighted by Gasteiger charge is 2.27. The number of nitro benzene ring substituents is 1. The van der Waals surface area contributed by atoms with Gasteiger partial charge in [-0.1, -0.05) is 54.4 Å². The third-order valence-corrected chi connectivity index (χ3v) is 5.08. The van der Waals surface area contributed by atoms with Gasteiger partial charge in [-0.25, -0.2) is 0 Å². The molecule has 0 saturated heterocycles. The van der Waals surface area contributed by atoms with Gasteiger partial charge in [0.15, 0.2) is 0 Å². The molecule has 0 bridgehead atoms. The van der Waals surface area contributed by atoms with Crippen molar-refractivity contribution in [3.05, 3.63) is 62.2 Å². The summed E-state index contributed by atoms with van der Waals surface area (Å²) in [6.45, 7) is 5.54. The number of fused-ring (bicyclic) bond motifs is 1. The molecule has 26 heavy (non-hydrogen) atoms. The Bertz CT molecular complexity index is 1050. The lowest BCUT2D eigenvalue weighted by atomic mass is 9.95. The number of nitrogens with zero attached hydrogens (tertiary/aromatic N) is 2. The van der Waals surface area contributed by atoms with Crippen molar-refractivity contribution >= 4 is 50.0 Å². The lowest BCUT2D eigenvalue weighted by molar-refractivity contribution is -0.384. The predicted molar refractivity (Wildman–Crippen MR) is 107 cm³/mol. The van der Waals surface area contributed by atoms with Gasteiger partial charge < -0.3 is 0 Å². The van der Waals surface area contributed by atoms with Crippen LogP contribution in [0.3, 0.4) is 0 Å². The molecule has 0 spiro atoms. The summed E-state index contributed by atoms with van der Waals surface area (Å²) < 4.78 is 2.37. The minimum Gasteiger partial charge on any atom is -0.286 e. The summed E-state index contributed by atoms with van der Waals surface area (Å²) >= 11 is 9.86. The maximum Gasteiger partial charge on any atom is 0.270 e. The number of hydrogen-bond donors (Lipinski definition) is 0.